The number of hydrogen-bond acceptors (Lipinski definition) is 4. The summed E-state index contributed by atoms with van der Waals surface area (Å²) in [7, 11) is -1.65. The third kappa shape index (κ3) is 4.77. The largest absolute Gasteiger partial charge is 0.345 e. The van der Waals surface area contributed by atoms with Crippen LogP contribution in [0.3, 0.4) is 0 Å². The predicted molar refractivity (Wildman–Crippen MR) is 103 cm³/mol. The topological polar surface area (TPSA) is 57.7 Å². The van der Waals surface area contributed by atoms with E-state index in [0.29, 0.717) is 30.8 Å². The van der Waals surface area contributed by atoms with Gasteiger partial charge in [-0.05, 0) is 56.2 Å². The average molecular weight is 385 g/mol. The van der Waals surface area contributed by atoms with Crippen LogP contribution in [-0.4, -0.2) is 62.2 Å². The van der Waals surface area contributed by atoms with Crippen molar-refractivity contribution in [2.24, 2.45) is 5.92 Å². The Hall–Kier alpha value is -1.05. The molecule has 1 aliphatic rings. The van der Waals surface area contributed by atoms with Gasteiger partial charge in [0.05, 0.1) is 4.90 Å². The molecular formula is C18H28N2O3S2. The Bertz CT molecular complexity index is 711. The van der Waals surface area contributed by atoms with E-state index in [-0.39, 0.29) is 11.8 Å². The highest BCUT2D eigenvalue weighted by molar-refractivity contribution is 7.98. The molecule has 140 valence electrons. The molecule has 2 rings (SSSR count). The van der Waals surface area contributed by atoms with Gasteiger partial charge < -0.3 is 4.90 Å². The molecule has 1 aliphatic heterocycles. The number of rotatable bonds is 6. The van der Waals surface area contributed by atoms with E-state index in [0.717, 1.165) is 23.4 Å². The van der Waals surface area contributed by atoms with Crippen LogP contribution in [0, 0.1) is 19.8 Å². The lowest BCUT2D eigenvalue weighted by Crippen LogP contribution is -2.43. The second-order valence-electron chi connectivity index (χ2n) is 6.68. The summed E-state index contributed by atoms with van der Waals surface area (Å²) in [4.78, 5) is 14.6. The number of amides is 1. The molecule has 0 aromatic heterocycles. The van der Waals surface area contributed by atoms with Crippen LogP contribution in [0.5, 0.6) is 0 Å². The molecule has 7 heteroatoms. The third-order valence-electron chi connectivity index (χ3n) is 4.93. The number of sulfonamides is 1. The van der Waals surface area contributed by atoms with Gasteiger partial charge in [0.25, 0.3) is 0 Å². The standard InChI is InChI=1S/C18H28N2O3S2/c1-14-5-6-17(13-15(14)2)25(22,23)20-9-7-16(8-10-20)18(21)19(3)11-12-24-4/h5-6,13,16H,7-12H2,1-4H3. The zero-order chi connectivity index (χ0) is 18.6. The lowest BCUT2D eigenvalue weighted by Gasteiger charge is -2.32. The van der Waals surface area contributed by atoms with Gasteiger partial charge in [0.2, 0.25) is 15.9 Å². The molecule has 1 heterocycles. The van der Waals surface area contributed by atoms with E-state index in [1.807, 2.05) is 33.2 Å². The molecule has 0 spiro atoms. The maximum Gasteiger partial charge on any atom is 0.243 e. The summed E-state index contributed by atoms with van der Waals surface area (Å²) in [6, 6.07) is 5.25. The molecular weight excluding hydrogens is 356 g/mol. The summed E-state index contributed by atoms with van der Waals surface area (Å²) in [5, 5.41) is 0. The van der Waals surface area contributed by atoms with Crippen LogP contribution in [0.1, 0.15) is 24.0 Å². The van der Waals surface area contributed by atoms with Gasteiger partial charge in [-0.1, -0.05) is 6.07 Å². The maximum atomic E-state index is 12.8. The molecule has 25 heavy (non-hydrogen) atoms. The van der Waals surface area contributed by atoms with Gasteiger partial charge >= 0.3 is 0 Å². The Balaban J connectivity index is 2.01. The first-order valence-electron chi connectivity index (χ1n) is 8.58. The van der Waals surface area contributed by atoms with E-state index in [1.54, 1.807) is 28.8 Å². The van der Waals surface area contributed by atoms with Crippen molar-refractivity contribution in [1.82, 2.24) is 9.21 Å². The van der Waals surface area contributed by atoms with Crippen LogP contribution in [0.2, 0.25) is 0 Å². The summed E-state index contributed by atoms with van der Waals surface area (Å²) in [6.45, 7) is 5.44. The van der Waals surface area contributed by atoms with E-state index in [2.05, 4.69) is 0 Å². The molecule has 5 nitrogen and oxygen atoms in total. The van der Waals surface area contributed by atoms with E-state index < -0.39 is 10.0 Å². The second kappa shape index (κ2) is 8.56. The molecule has 0 bridgehead atoms. The van der Waals surface area contributed by atoms with Crippen LogP contribution < -0.4 is 0 Å². The number of benzene rings is 1. The molecule has 1 amide bonds. The van der Waals surface area contributed by atoms with Crippen molar-refractivity contribution >= 4 is 27.7 Å². The van der Waals surface area contributed by atoms with Crippen molar-refractivity contribution in [2.75, 3.05) is 38.7 Å². The van der Waals surface area contributed by atoms with Crippen LogP contribution in [0.25, 0.3) is 0 Å². The summed E-state index contributed by atoms with van der Waals surface area (Å²) in [5.74, 6) is 0.984. The van der Waals surface area contributed by atoms with Gasteiger partial charge in [-0.25, -0.2) is 8.42 Å². The molecule has 0 atom stereocenters. The first kappa shape index (κ1) is 20.3. The minimum Gasteiger partial charge on any atom is -0.345 e. The van der Waals surface area contributed by atoms with Gasteiger partial charge in [0.15, 0.2) is 0 Å². The fourth-order valence-electron chi connectivity index (χ4n) is 3.02. The highest BCUT2D eigenvalue weighted by atomic mass is 32.2. The Morgan fingerprint density at radius 1 is 1.24 bits per heavy atom. The molecule has 0 unspecified atom stereocenters. The van der Waals surface area contributed by atoms with E-state index in [1.165, 1.54) is 4.31 Å². The maximum absolute atomic E-state index is 12.8. The van der Waals surface area contributed by atoms with Crippen LogP contribution in [-0.2, 0) is 14.8 Å². The van der Waals surface area contributed by atoms with Gasteiger partial charge in [-0.2, -0.15) is 16.1 Å². The minimum atomic E-state index is -3.48. The molecule has 1 aromatic rings. The summed E-state index contributed by atoms with van der Waals surface area (Å²) in [6.07, 6.45) is 3.20. The average Bonchev–Trinajstić information content (AvgIpc) is 2.61. The van der Waals surface area contributed by atoms with Gasteiger partial charge in [0.1, 0.15) is 0 Å². The highest BCUT2D eigenvalue weighted by Gasteiger charge is 2.33. The van der Waals surface area contributed by atoms with Crippen molar-refractivity contribution in [1.29, 1.82) is 0 Å². The summed E-state index contributed by atoms with van der Waals surface area (Å²) < 4.78 is 27.2. The number of hydrogen-bond donors (Lipinski definition) is 0. The molecule has 1 aromatic carbocycles. The number of aryl methyl sites for hydroxylation is 2. The number of carbonyl (C=O) groups excluding carboxylic acids is 1. The molecule has 0 N–H and O–H groups in total. The zero-order valence-corrected chi connectivity index (χ0v) is 17.1. The predicted octanol–water partition coefficient (Wildman–Crippen LogP) is 2.53. The van der Waals surface area contributed by atoms with Gasteiger partial charge in [-0.3, -0.25) is 4.79 Å². The Kier molecular flexibility index (Phi) is 6.93. The van der Waals surface area contributed by atoms with Crippen LogP contribution in [0.15, 0.2) is 23.1 Å². The van der Waals surface area contributed by atoms with E-state index in [4.69, 9.17) is 0 Å². The smallest absolute Gasteiger partial charge is 0.243 e. The lowest BCUT2D eigenvalue weighted by molar-refractivity contribution is -0.135. The Morgan fingerprint density at radius 2 is 1.88 bits per heavy atom. The quantitative estimate of drug-likeness (QED) is 0.756. The van der Waals surface area contributed by atoms with Crippen molar-refractivity contribution < 1.29 is 13.2 Å². The van der Waals surface area contributed by atoms with Crippen molar-refractivity contribution in [3.05, 3.63) is 29.3 Å². The fourth-order valence-corrected chi connectivity index (χ4v) is 5.03. The molecule has 0 radical (unpaired) electrons. The molecule has 0 saturated carbocycles. The van der Waals surface area contributed by atoms with Crippen LogP contribution in [0.4, 0.5) is 0 Å². The SMILES string of the molecule is CSCCN(C)C(=O)C1CCN(S(=O)(=O)c2ccc(C)c(C)c2)CC1. The summed E-state index contributed by atoms with van der Waals surface area (Å²) in [5.41, 5.74) is 2.05. The number of piperidine rings is 1. The number of thioether (sulfide) groups is 1. The highest BCUT2D eigenvalue weighted by Crippen LogP contribution is 2.26. The Morgan fingerprint density at radius 3 is 2.44 bits per heavy atom. The third-order valence-corrected chi connectivity index (χ3v) is 7.41. The van der Waals surface area contributed by atoms with E-state index in [9.17, 15) is 13.2 Å². The number of carbonyl (C=O) groups is 1. The number of nitrogens with zero attached hydrogens (tertiary/aromatic N) is 2. The normalized spacial score (nSPS) is 16.8. The molecule has 1 fully saturated rings. The Labute approximate surface area is 155 Å². The van der Waals surface area contributed by atoms with Gasteiger partial charge in [-0.15, -0.1) is 0 Å². The minimum absolute atomic E-state index is 0.0712. The monoisotopic (exact) mass is 384 g/mol. The summed E-state index contributed by atoms with van der Waals surface area (Å²) >= 11 is 1.72. The molecule has 1 saturated heterocycles. The first-order chi connectivity index (χ1) is 11.8. The van der Waals surface area contributed by atoms with E-state index >= 15 is 0 Å². The van der Waals surface area contributed by atoms with Crippen molar-refractivity contribution in [3.8, 4) is 0 Å². The van der Waals surface area contributed by atoms with Crippen molar-refractivity contribution in [2.45, 2.75) is 31.6 Å². The van der Waals surface area contributed by atoms with Crippen molar-refractivity contribution in [3.63, 3.8) is 0 Å². The fraction of sp³-hybridized carbons (Fsp3) is 0.611. The van der Waals surface area contributed by atoms with Gasteiger partial charge in [0, 0.05) is 38.4 Å². The first-order valence-corrected chi connectivity index (χ1v) is 11.4. The zero-order valence-electron chi connectivity index (χ0n) is 15.5. The molecule has 0 aliphatic carbocycles. The van der Waals surface area contributed by atoms with Crippen LogP contribution >= 0.6 is 11.8 Å². The lowest BCUT2D eigenvalue weighted by atomic mass is 9.97. The second-order valence-corrected chi connectivity index (χ2v) is 9.60.